The van der Waals surface area contributed by atoms with Crippen LogP contribution in [0.2, 0.25) is 0 Å². The maximum atomic E-state index is 10.3. The van der Waals surface area contributed by atoms with E-state index in [1.54, 1.807) is 0 Å². The first-order valence-electron chi connectivity index (χ1n) is 8.45. The first-order chi connectivity index (χ1) is 9.95. The van der Waals surface area contributed by atoms with Gasteiger partial charge in [-0.2, -0.15) is 0 Å². The SMILES string of the molecule is C[C@]12C=CC(O)=C[C@H]1CC[C@@H]1[C@@H]2CC[C@]2(C)C(O)=CC[C@@H]12. The molecule has 4 aliphatic carbocycles. The molecule has 2 heteroatoms. The third-order valence-electron chi connectivity index (χ3n) is 7.37. The number of aliphatic hydroxyl groups excluding tert-OH is 2. The van der Waals surface area contributed by atoms with Gasteiger partial charge in [-0.05, 0) is 79.4 Å². The van der Waals surface area contributed by atoms with Gasteiger partial charge in [0.2, 0.25) is 0 Å². The second-order valence-corrected chi connectivity index (χ2v) is 8.13. The molecule has 4 rings (SSSR count). The van der Waals surface area contributed by atoms with Crippen molar-refractivity contribution in [1.29, 1.82) is 0 Å². The normalized spacial score (nSPS) is 51.5. The van der Waals surface area contributed by atoms with Crippen LogP contribution in [0, 0.1) is 34.5 Å². The van der Waals surface area contributed by atoms with Crippen LogP contribution in [0.5, 0.6) is 0 Å². The van der Waals surface area contributed by atoms with Crippen LogP contribution < -0.4 is 0 Å². The first kappa shape index (κ1) is 13.5. The van der Waals surface area contributed by atoms with E-state index in [-0.39, 0.29) is 10.8 Å². The fraction of sp³-hybridized carbons (Fsp3) is 0.684. The minimum Gasteiger partial charge on any atom is -0.512 e. The summed E-state index contributed by atoms with van der Waals surface area (Å²) in [5, 5.41) is 20.1. The summed E-state index contributed by atoms with van der Waals surface area (Å²) in [6.07, 6.45) is 14.1. The van der Waals surface area contributed by atoms with Crippen LogP contribution in [0.15, 0.2) is 35.8 Å². The molecule has 0 amide bonds. The highest BCUT2D eigenvalue weighted by molar-refractivity contribution is 5.28. The van der Waals surface area contributed by atoms with Crippen molar-refractivity contribution in [2.75, 3.05) is 0 Å². The second-order valence-electron chi connectivity index (χ2n) is 8.13. The highest BCUT2D eigenvalue weighted by Gasteiger charge is 2.57. The molecule has 2 N–H and O–H groups in total. The topological polar surface area (TPSA) is 40.5 Å². The lowest BCUT2D eigenvalue weighted by Crippen LogP contribution is -2.51. The van der Waals surface area contributed by atoms with Gasteiger partial charge in [-0.25, -0.2) is 0 Å². The molecule has 114 valence electrons. The molecule has 0 saturated heterocycles. The zero-order valence-electron chi connectivity index (χ0n) is 13.0. The molecular weight excluding hydrogens is 260 g/mol. The van der Waals surface area contributed by atoms with Crippen molar-refractivity contribution in [3.8, 4) is 0 Å². The molecular formula is C19H26O2. The highest BCUT2D eigenvalue weighted by Crippen LogP contribution is 2.64. The van der Waals surface area contributed by atoms with Crippen LogP contribution in [-0.4, -0.2) is 10.2 Å². The lowest BCUT2D eigenvalue weighted by atomic mass is 9.47. The van der Waals surface area contributed by atoms with E-state index in [0.29, 0.717) is 35.2 Å². The van der Waals surface area contributed by atoms with Gasteiger partial charge >= 0.3 is 0 Å². The van der Waals surface area contributed by atoms with E-state index in [9.17, 15) is 10.2 Å². The second kappa shape index (κ2) is 4.18. The largest absolute Gasteiger partial charge is 0.512 e. The summed E-state index contributed by atoms with van der Waals surface area (Å²) < 4.78 is 0. The Morgan fingerprint density at radius 1 is 1.10 bits per heavy atom. The van der Waals surface area contributed by atoms with Crippen LogP contribution in [0.1, 0.15) is 46.0 Å². The van der Waals surface area contributed by atoms with Crippen LogP contribution in [0.4, 0.5) is 0 Å². The van der Waals surface area contributed by atoms with Gasteiger partial charge < -0.3 is 10.2 Å². The maximum Gasteiger partial charge on any atom is 0.111 e. The van der Waals surface area contributed by atoms with Crippen LogP contribution in [0.3, 0.4) is 0 Å². The predicted octanol–water partition coefficient (Wildman–Crippen LogP) is 4.91. The molecule has 0 bridgehead atoms. The van der Waals surface area contributed by atoms with Crippen LogP contribution in [0.25, 0.3) is 0 Å². The summed E-state index contributed by atoms with van der Waals surface area (Å²) in [5.41, 5.74) is 0.218. The van der Waals surface area contributed by atoms with Crippen LogP contribution >= 0.6 is 0 Å². The summed E-state index contributed by atoms with van der Waals surface area (Å²) in [4.78, 5) is 0. The molecule has 4 aliphatic rings. The molecule has 0 aromatic carbocycles. The third kappa shape index (κ3) is 1.65. The zero-order chi connectivity index (χ0) is 14.8. The summed E-state index contributed by atoms with van der Waals surface area (Å²) in [6.45, 7) is 4.66. The summed E-state index contributed by atoms with van der Waals surface area (Å²) in [6, 6.07) is 0. The minimum absolute atomic E-state index is 0.0285. The molecule has 0 heterocycles. The summed E-state index contributed by atoms with van der Waals surface area (Å²) >= 11 is 0. The van der Waals surface area contributed by atoms with Gasteiger partial charge in [0.05, 0.1) is 5.76 Å². The lowest BCUT2D eigenvalue weighted by Gasteiger charge is -2.57. The third-order valence-corrected chi connectivity index (χ3v) is 7.37. The van der Waals surface area contributed by atoms with Crippen molar-refractivity contribution in [2.24, 2.45) is 34.5 Å². The average Bonchev–Trinajstić information content (AvgIpc) is 2.76. The molecule has 6 atom stereocenters. The molecule has 2 fully saturated rings. The maximum absolute atomic E-state index is 10.3. The quantitative estimate of drug-likeness (QED) is 0.664. The number of aliphatic hydroxyl groups is 2. The summed E-state index contributed by atoms with van der Waals surface area (Å²) in [5.74, 6) is 3.59. The number of hydrogen-bond acceptors (Lipinski definition) is 2. The van der Waals surface area contributed by atoms with E-state index >= 15 is 0 Å². The Bertz CT molecular complexity index is 558. The van der Waals surface area contributed by atoms with E-state index in [4.69, 9.17) is 0 Å². The van der Waals surface area contributed by atoms with Gasteiger partial charge in [0.25, 0.3) is 0 Å². The molecule has 2 saturated carbocycles. The average molecular weight is 286 g/mol. The fourth-order valence-corrected chi connectivity index (χ4v) is 6.00. The van der Waals surface area contributed by atoms with Crippen molar-refractivity contribution in [3.05, 3.63) is 35.8 Å². The summed E-state index contributed by atoms with van der Waals surface area (Å²) in [7, 11) is 0. The first-order valence-corrected chi connectivity index (χ1v) is 8.45. The van der Waals surface area contributed by atoms with E-state index in [2.05, 4.69) is 32.1 Å². The van der Waals surface area contributed by atoms with Crippen LogP contribution in [-0.2, 0) is 0 Å². The van der Waals surface area contributed by atoms with Gasteiger partial charge in [-0.1, -0.05) is 19.9 Å². The minimum atomic E-state index is 0.0285. The molecule has 2 nitrogen and oxygen atoms in total. The van der Waals surface area contributed by atoms with E-state index in [1.807, 2.05) is 6.08 Å². The smallest absolute Gasteiger partial charge is 0.111 e. The van der Waals surface area contributed by atoms with E-state index < -0.39 is 0 Å². The van der Waals surface area contributed by atoms with Gasteiger partial charge in [-0.15, -0.1) is 0 Å². The Hall–Kier alpha value is -1.18. The Balaban J connectivity index is 1.68. The Morgan fingerprint density at radius 2 is 1.90 bits per heavy atom. The van der Waals surface area contributed by atoms with E-state index in [0.717, 1.165) is 12.8 Å². The molecule has 0 radical (unpaired) electrons. The van der Waals surface area contributed by atoms with Crippen molar-refractivity contribution in [3.63, 3.8) is 0 Å². The van der Waals surface area contributed by atoms with Crippen molar-refractivity contribution >= 4 is 0 Å². The van der Waals surface area contributed by atoms with Crippen molar-refractivity contribution < 1.29 is 10.2 Å². The van der Waals surface area contributed by atoms with Crippen molar-refractivity contribution in [1.82, 2.24) is 0 Å². The molecule has 21 heavy (non-hydrogen) atoms. The van der Waals surface area contributed by atoms with Gasteiger partial charge in [0.1, 0.15) is 5.76 Å². The van der Waals surface area contributed by atoms with Gasteiger partial charge in [0.15, 0.2) is 0 Å². The monoisotopic (exact) mass is 286 g/mol. The number of allylic oxidation sites excluding steroid dienone is 5. The molecule has 0 aromatic heterocycles. The molecule has 0 unspecified atom stereocenters. The number of rotatable bonds is 0. The molecule has 0 spiro atoms. The zero-order valence-corrected chi connectivity index (χ0v) is 13.0. The fourth-order valence-electron chi connectivity index (χ4n) is 6.00. The van der Waals surface area contributed by atoms with Gasteiger partial charge in [0, 0.05) is 5.41 Å². The highest BCUT2D eigenvalue weighted by atomic mass is 16.3. The van der Waals surface area contributed by atoms with E-state index in [1.165, 1.54) is 19.3 Å². The number of fused-ring (bicyclic) bond motifs is 5. The Labute approximate surface area is 127 Å². The predicted molar refractivity (Wildman–Crippen MR) is 83.8 cm³/mol. The molecule has 0 aliphatic heterocycles. The van der Waals surface area contributed by atoms with Gasteiger partial charge in [-0.3, -0.25) is 0 Å². The lowest BCUT2D eigenvalue weighted by molar-refractivity contribution is -0.0575. The molecule has 0 aromatic rings. The number of hydrogen-bond donors (Lipinski definition) is 2. The van der Waals surface area contributed by atoms with Crippen molar-refractivity contribution in [2.45, 2.75) is 46.0 Å². The Kier molecular flexibility index (Phi) is 2.68. The standard InChI is InChI=1S/C19H26O2/c1-18-9-7-13(20)11-12(18)3-4-14-15-5-6-17(21)19(15,2)10-8-16(14)18/h6-7,9,11-12,14-16,20-21H,3-5,8,10H2,1-2H3/t12-,14+,15+,16+,18+,19+/m1/s1. The Morgan fingerprint density at radius 3 is 2.71 bits per heavy atom.